The third-order valence-electron chi connectivity index (χ3n) is 10.1. The van der Waals surface area contributed by atoms with Crippen LogP contribution >= 0.6 is 0 Å². The molecule has 0 bridgehead atoms. The van der Waals surface area contributed by atoms with Crippen LogP contribution in [0.1, 0.15) is 22.9 Å². The Balaban J connectivity index is 1.07. The van der Waals surface area contributed by atoms with Gasteiger partial charge in [-0.1, -0.05) is 140 Å². The Hall–Kier alpha value is -7.24. The van der Waals surface area contributed by atoms with Crippen LogP contribution in [-0.2, 0) is 0 Å². The maximum Gasteiger partial charge on any atom is 0.160 e. The van der Waals surface area contributed by atoms with Crippen molar-refractivity contribution in [3.05, 3.63) is 211 Å². The summed E-state index contributed by atoms with van der Waals surface area (Å²) >= 11 is 0. The molecule has 1 atom stereocenters. The first-order chi connectivity index (χ1) is 26.8. The van der Waals surface area contributed by atoms with Gasteiger partial charge in [-0.25, -0.2) is 9.98 Å². The minimum Gasteiger partial charge on any atom is -0.455 e. The van der Waals surface area contributed by atoms with Gasteiger partial charge >= 0.3 is 0 Å². The molecule has 1 N–H and O–H groups in total. The largest absolute Gasteiger partial charge is 0.455 e. The Morgan fingerprint density at radius 3 is 1.72 bits per heavy atom. The van der Waals surface area contributed by atoms with Gasteiger partial charge in [0.05, 0.1) is 0 Å². The van der Waals surface area contributed by atoms with Gasteiger partial charge in [0.25, 0.3) is 0 Å². The summed E-state index contributed by atoms with van der Waals surface area (Å²) in [6.45, 7) is 0. The summed E-state index contributed by atoms with van der Waals surface area (Å²) in [5.41, 5.74) is 10.3. The minimum atomic E-state index is -0.286. The van der Waals surface area contributed by atoms with E-state index in [0.717, 1.165) is 83.4 Å². The first-order valence-electron chi connectivity index (χ1n) is 18.2. The molecule has 0 radical (unpaired) electrons. The SMILES string of the molecule is c1ccc(C2=NC(c3cc4c5ccc(-c6ccc(N(c7ccccc7)c7ccccc7)cc6)cc5oc4c4ccccc34)=NC(c3ccccc3)N2)cc1. The van der Waals surface area contributed by atoms with Crippen molar-refractivity contribution < 1.29 is 4.42 Å². The van der Waals surface area contributed by atoms with E-state index in [1.54, 1.807) is 0 Å². The highest BCUT2D eigenvalue weighted by atomic mass is 16.3. The van der Waals surface area contributed by atoms with Gasteiger partial charge in [-0.2, -0.15) is 0 Å². The highest BCUT2D eigenvalue weighted by Crippen LogP contribution is 2.40. The van der Waals surface area contributed by atoms with Gasteiger partial charge in [0, 0.05) is 44.3 Å². The second kappa shape index (κ2) is 13.4. The van der Waals surface area contributed by atoms with Crippen LogP contribution in [0.25, 0.3) is 43.8 Å². The van der Waals surface area contributed by atoms with Gasteiger partial charge in [0.2, 0.25) is 0 Å². The van der Waals surface area contributed by atoms with E-state index in [0.29, 0.717) is 5.84 Å². The van der Waals surface area contributed by atoms with Gasteiger partial charge in [-0.3, -0.25) is 0 Å². The Morgan fingerprint density at radius 2 is 1.04 bits per heavy atom. The van der Waals surface area contributed by atoms with E-state index in [1.165, 1.54) is 0 Å². The smallest absolute Gasteiger partial charge is 0.160 e. The van der Waals surface area contributed by atoms with Crippen LogP contribution in [0.2, 0.25) is 0 Å². The van der Waals surface area contributed by atoms with E-state index in [1.807, 2.05) is 48.5 Å². The lowest BCUT2D eigenvalue weighted by atomic mass is 9.98. The molecular formula is C49H34N4O. The van der Waals surface area contributed by atoms with E-state index in [2.05, 4.69) is 156 Å². The first kappa shape index (κ1) is 31.5. The number of amidine groups is 2. The maximum absolute atomic E-state index is 6.73. The molecule has 1 aromatic heterocycles. The van der Waals surface area contributed by atoms with Gasteiger partial charge < -0.3 is 14.6 Å². The predicted molar refractivity (Wildman–Crippen MR) is 223 cm³/mol. The van der Waals surface area contributed by atoms with Gasteiger partial charge in [0.1, 0.15) is 23.2 Å². The summed E-state index contributed by atoms with van der Waals surface area (Å²) < 4.78 is 6.73. The van der Waals surface area contributed by atoms with E-state index >= 15 is 0 Å². The van der Waals surface area contributed by atoms with Crippen molar-refractivity contribution in [3.8, 4) is 11.1 Å². The molecule has 0 amide bonds. The molecule has 1 aliphatic heterocycles. The molecule has 2 heterocycles. The van der Waals surface area contributed by atoms with Crippen LogP contribution in [0.4, 0.5) is 17.1 Å². The number of furan rings is 1. The fraction of sp³-hybridized carbons (Fsp3) is 0.0204. The van der Waals surface area contributed by atoms with Gasteiger partial charge in [0.15, 0.2) is 5.84 Å². The highest BCUT2D eigenvalue weighted by Gasteiger charge is 2.24. The van der Waals surface area contributed by atoms with Crippen LogP contribution in [0.3, 0.4) is 0 Å². The average Bonchev–Trinajstić information content (AvgIpc) is 3.63. The quantitative estimate of drug-likeness (QED) is 0.181. The summed E-state index contributed by atoms with van der Waals surface area (Å²) in [4.78, 5) is 12.6. The van der Waals surface area contributed by atoms with Crippen molar-refractivity contribution in [2.75, 3.05) is 4.90 Å². The number of para-hydroxylation sites is 2. The van der Waals surface area contributed by atoms with Crippen molar-refractivity contribution in [2.24, 2.45) is 9.98 Å². The number of fused-ring (bicyclic) bond motifs is 5. The lowest BCUT2D eigenvalue weighted by Gasteiger charge is -2.25. The summed E-state index contributed by atoms with van der Waals surface area (Å²) in [6.07, 6.45) is -0.286. The molecule has 9 aromatic rings. The number of rotatable bonds is 7. The number of anilines is 3. The zero-order chi connectivity index (χ0) is 35.8. The molecule has 0 saturated carbocycles. The third-order valence-corrected chi connectivity index (χ3v) is 10.1. The zero-order valence-corrected chi connectivity index (χ0v) is 29.3. The first-order valence-corrected chi connectivity index (χ1v) is 18.2. The van der Waals surface area contributed by atoms with E-state index in [9.17, 15) is 0 Å². The molecule has 5 heteroatoms. The fourth-order valence-electron chi connectivity index (χ4n) is 7.48. The standard InChI is InChI=1S/C49H34N4O/c1-5-15-34(16-6-1)47-50-48(35-17-7-2-8-18-35)52-49(51-47)44-32-43-41-30-27-36(31-45(41)54-46(43)42-24-14-13-23-40(42)44)33-25-28-39(29-26-33)53(37-19-9-3-10-20-37)38-21-11-4-12-22-38/h1-32,47H,(H,50,51,52). The van der Waals surface area contributed by atoms with E-state index in [4.69, 9.17) is 14.4 Å². The molecule has 0 fully saturated rings. The molecule has 0 aliphatic carbocycles. The summed E-state index contributed by atoms with van der Waals surface area (Å²) in [5, 5.41) is 7.75. The minimum absolute atomic E-state index is 0.286. The van der Waals surface area contributed by atoms with Gasteiger partial charge in [-0.05, 0) is 76.7 Å². The molecule has 0 saturated heterocycles. The monoisotopic (exact) mass is 694 g/mol. The van der Waals surface area contributed by atoms with E-state index < -0.39 is 0 Å². The van der Waals surface area contributed by atoms with Crippen LogP contribution in [0.15, 0.2) is 209 Å². The molecule has 5 nitrogen and oxygen atoms in total. The van der Waals surface area contributed by atoms with Crippen molar-refractivity contribution in [1.29, 1.82) is 0 Å². The average molecular weight is 695 g/mol. The molecule has 1 aliphatic rings. The molecular weight excluding hydrogens is 661 g/mol. The van der Waals surface area contributed by atoms with E-state index in [-0.39, 0.29) is 6.17 Å². The van der Waals surface area contributed by atoms with Gasteiger partial charge in [-0.15, -0.1) is 0 Å². The zero-order valence-electron chi connectivity index (χ0n) is 29.3. The third kappa shape index (κ3) is 5.69. The molecule has 10 rings (SSSR count). The lowest BCUT2D eigenvalue weighted by molar-refractivity contribution is 0.672. The second-order valence-electron chi connectivity index (χ2n) is 13.4. The van der Waals surface area contributed by atoms with Crippen molar-refractivity contribution in [3.63, 3.8) is 0 Å². The van der Waals surface area contributed by atoms with Crippen LogP contribution in [0.5, 0.6) is 0 Å². The number of hydrogen-bond donors (Lipinski definition) is 1. The number of hydrogen-bond acceptors (Lipinski definition) is 5. The molecule has 1 unspecified atom stereocenters. The number of benzene rings is 8. The van der Waals surface area contributed by atoms with Crippen LogP contribution < -0.4 is 10.2 Å². The van der Waals surface area contributed by atoms with Crippen LogP contribution in [0, 0.1) is 0 Å². The molecule has 54 heavy (non-hydrogen) atoms. The Labute approximate surface area is 313 Å². The van der Waals surface area contributed by atoms with Crippen molar-refractivity contribution in [2.45, 2.75) is 6.17 Å². The van der Waals surface area contributed by atoms with Crippen molar-refractivity contribution in [1.82, 2.24) is 5.32 Å². The fourth-order valence-corrected chi connectivity index (χ4v) is 7.48. The summed E-state index contributed by atoms with van der Waals surface area (Å²) in [6, 6.07) is 67.4. The topological polar surface area (TPSA) is 53.1 Å². The Bertz CT molecular complexity index is 2790. The number of nitrogens with zero attached hydrogens (tertiary/aromatic N) is 3. The number of aliphatic imine (C=N–C) groups is 2. The normalized spacial score (nSPS) is 14.1. The predicted octanol–water partition coefficient (Wildman–Crippen LogP) is 12.4. The highest BCUT2D eigenvalue weighted by molar-refractivity contribution is 6.24. The molecule has 8 aromatic carbocycles. The molecule has 256 valence electrons. The van der Waals surface area contributed by atoms with Crippen LogP contribution in [-0.4, -0.2) is 11.7 Å². The Morgan fingerprint density at radius 1 is 0.463 bits per heavy atom. The Kier molecular flexibility index (Phi) is 7.81. The second-order valence-corrected chi connectivity index (χ2v) is 13.4. The van der Waals surface area contributed by atoms with Crippen molar-refractivity contribution >= 4 is 61.4 Å². The summed E-state index contributed by atoms with van der Waals surface area (Å²) in [7, 11) is 0. The molecule has 0 spiro atoms. The lowest BCUT2D eigenvalue weighted by Crippen LogP contribution is -2.33. The summed E-state index contributed by atoms with van der Waals surface area (Å²) in [5.74, 6) is 1.48. The maximum atomic E-state index is 6.73. The number of nitrogens with one attached hydrogen (secondary N) is 1.